The molecule has 3 atom stereocenters. The SMILES string of the molecule is CCOC(=O)[C@@]1(Cc2ccccc2)N=C(SC)[C@@H](C(=O)OC)[C@@H]1CC(C)C. The molecule has 1 aliphatic rings. The average molecular weight is 392 g/mol. The first-order valence-electron chi connectivity index (χ1n) is 9.32. The van der Waals surface area contributed by atoms with Gasteiger partial charge in [-0.05, 0) is 31.1 Å². The van der Waals surface area contributed by atoms with Gasteiger partial charge in [-0.3, -0.25) is 9.79 Å². The summed E-state index contributed by atoms with van der Waals surface area (Å²) in [6.07, 6.45) is 2.96. The highest BCUT2D eigenvalue weighted by Crippen LogP contribution is 2.46. The molecule has 2 rings (SSSR count). The Hall–Kier alpha value is -1.82. The normalized spacial score (nSPS) is 24.6. The smallest absolute Gasteiger partial charge is 0.334 e. The maximum atomic E-state index is 13.2. The number of rotatable bonds is 7. The minimum absolute atomic E-state index is 0.275. The zero-order valence-electron chi connectivity index (χ0n) is 16.7. The van der Waals surface area contributed by atoms with Crippen LogP contribution >= 0.6 is 11.8 Å². The second-order valence-electron chi connectivity index (χ2n) is 7.20. The summed E-state index contributed by atoms with van der Waals surface area (Å²) in [6.45, 7) is 6.24. The number of benzene rings is 1. The van der Waals surface area contributed by atoms with E-state index in [1.807, 2.05) is 36.6 Å². The van der Waals surface area contributed by atoms with E-state index in [4.69, 9.17) is 14.5 Å². The minimum Gasteiger partial charge on any atom is -0.468 e. The zero-order chi connectivity index (χ0) is 20.0. The Kier molecular flexibility index (Phi) is 7.48. The molecule has 0 amide bonds. The van der Waals surface area contributed by atoms with Crippen LogP contribution in [0.2, 0.25) is 0 Å². The minimum atomic E-state index is -1.11. The predicted molar refractivity (Wildman–Crippen MR) is 109 cm³/mol. The Morgan fingerprint density at radius 2 is 1.93 bits per heavy atom. The molecule has 0 aliphatic carbocycles. The summed E-state index contributed by atoms with van der Waals surface area (Å²) in [5.74, 6) is -1.25. The molecule has 1 aliphatic heterocycles. The van der Waals surface area contributed by atoms with Gasteiger partial charge < -0.3 is 9.47 Å². The average Bonchev–Trinajstić information content (AvgIpc) is 2.96. The standard InChI is InChI=1S/C21H29NO4S/c1-6-26-20(24)21(13-15-10-8-7-9-11-15)16(12-14(2)3)17(19(23)25-4)18(22-21)27-5/h7-11,14,16-17H,6,12-13H2,1-5H3/t16-,17-,21-/m0/s1. The van der Waals surface area contributed by atoms with Crippen molar-refractivity contribution in [3.63, 3.8) is 0 Å². The molecule has 1 aromatic carbocycles. The fourth-order valence-electron chi connectivity index (χ4n) is 3.80. The van der Waals surface area contributed by atoms with E-state index in [-0.39, 0.29) is 24.5 Å². The van der Waals surface area contributed by atoms with Crippen LogP contribution in [0.25, 0.3) is 0 Å². The Bertz CT molecular complexity index is 689. The number of ether oxygens (including phenoxy) is 2. The van der Waals surface area contributed by atoms with Crippen LogP contribution in [0.4, 0.5) is 0 Å². The van der Waals surface area contributed by atoms with Gasteiger partial charge in [-0.15, -0.1) is 11.8 Å². The first kappa shape index (κ1) is 21.5. The number of carbonyl (C=O) groups is 2. The molecule has 1 aromatic rings. The monoisotopic (exact) mass is 391 g/mol. The number of thioether (sulfide) groups is 1. The van der Waals surface area contributed by atoms with Crippen LogP contribution in [0.5, 0.6) is 0 Å². The molecule has 5 nitrogen and oxygen atoms in total. The summed E-state index contributed by atoms with van der Waals surface area (Å²) < 4.78 is 10.5. The Morgan fingerprint density at radius 1 is 1.26 bits per heavy atom. The van der Waals surface area contributed by atoms with Gasteiger partial charge >= 0.3 is 11.9 Å². The fourth-order valence-corrected chi connectivity index (χ4v) is 4.57. The third kappa shape index (κ3) is 4.54. The molecule has 0 spiro atoms. The molecule has 1 heterocycles. The van der Waals surface area contributed by atoms with Gasteiger partial charge in [0.05, 0.1) is 18.8 Å². The maximum absolute atomic E-state index is 13.2. The fraction of sp³-hybridized carbons (Fsp3) is 0.571. The van der Waals surface area contributed by atoms with Gasteiger partial charge in [0.2, 0.25) is 0 Å². The van der Waals surface area contributed by atoms with Crippen LogP contribution in [-0.4, -0.2) is 42.5 Å². The van der Waals surface area contributed by atoms with E-state index in [9.17, 15) is 9.59 Å². The first-order valence-corrected chi connectivity index (χ1v) is 10.5. The van der Waals surface area contributed by atoms with E-state index < -0.39 is 11.5 Å². The number of carbonyl (C=O) groups excluding carboxylic acids is 2. The van der Waals surface area contributed by atoms with Crippen LogP contribution in [0.1, 0.15) is 32.8 Å². The van der Waals surface area contributed by atoms with Gasteiger partial charge in [-0.25, -0.2) is 4.79 Å². The van der Waals surface area contributed by atoms with Gasteiger partial charge in [0.1, 0.15) is 5.92 Å². The summed E-state index contributed by atoms with van der Waals surface area (Å²) in [6, 6.07) is 9.78. The molecule has 0 saturated carbocycles. The van der Waals surface area contributed by atoms with E-state index in [0.29, 0.717) is 23.8 Å². The third-order valence-electron chi connectivity index (χ3n) is 4.93. The highest BCUT2D eigenvalue weighted by Gasteiger charge is 2.58. The molecule has 0 bridgehead atoms. The molecule has 0 N–H and O–H groups in total. The topological polar surface area (TPSA) is 65.0 Å². The van der Waals surface area contributed by atoms with Crippen LogP contribution in [-0.2, 0) is 25.5 Å². The van der Waals surface area contributed by atoms with Gasteiger partial charge in [0.15, 0.2) is 5.54 Å². The van der Waals surface area contributed by atoms with Crippen molar-refractivity contribution in [3.8, 4) is 0 Å². The van der Waals surface area contributed by atoms with Gasteiger partial charge in [0, 0.05) is 12.3 Å². The van der Waals surface area contributed by atoms with Crippen molar-refractivity contribution in [2.24, 2.45) is 22.7 Å². The molecule has 0 saturated heterocycles. The van der Waals surface area contributed by atoms with Gasteiger partial charge in [-0.1, -0.05) is 44.2 Å². The lowest BCUT2D eigenvalue weighted by Gasteiger charge is -2.34. The number of hydrogen-bond donors (Lipinski definition) is 0. The number of methoxy groups -OCH3 is 1. The lowest BCUT2D eigenvalue weighted by molar-refractivity contribution is -0.154. The van der Waals surface area contributed by atoms with Crippen LogP contribution < -0.4 is 0 Å². The second kappa shape index (κ2) is 9.40. The lowest BCUT2D eigenvalue weighted by atomic mass is 9.71. The molecule has 0 radical (unpaired) electrons. The van der Waals surface area contributed by atoms with E-state index in [1.165, 1.54) is 18.9 Å². The number of esters is 2. The highest BCUT2D eigenvalue weighted by molar-refractivity contribution is 8.13. The van der Waals surface area contributed by atoms with E-state index >= 15 is 0 Å². The van der Waals surface area contributed by atoms with Crippen molar-refractivity contribution < 1.29 is 19.1 Å². The number of aliphatic imine (C=N–C) groups is 1. The van der Waals surface area contributed by atoms with Crippen molar-refractivity contribution in [3.05, 3.63) is 35.9 Å². The number of hydrogen-bond acceptors (Lipinski definition) is 6. The molecular weight excluding hydrogens is 362 g/mol. The zero-order valence-corrected chi connectivity index (χ0v) is 17.5. The lowest BCUT2D eigenvalue weighted by Crippen LogP contribution is -2.48. The summed E-state index contributed by atoms with van der Waals surface area (Å²) in [5.41, 5.74) is -0.118. The summed E-state index contributed by atoms with van der Waals surface area (Å²) >= 11 is 1.40. The van der Waals surface area contributed by atoms with Gasteiger partial charge in [-0.2, -0.15) is 0 Å². The summed E-state index contributed by atoms with van der Waals surface area (Å²) in [5, 5.41) is 0.650. The summed E-state index contributed by atoms with van der Waals surface area (Å²) in [7, 11) is 1.38. The molecule has 27 heavy (non-hydrogen) atoms. The van der Waals surface area contributed by atoms with E-state index in [2.05, 4.69) is 13.8 Å². The quantitative estimate of drug-likeness (QED) is 0.662. The second-order valence-corrected chi connectivity index (χ2v) is 8.02. The van der Waals surface area contributed by atoms with E-state index in [1.54, 1.807) is 6.92 Å². The number of nitrogens with zero attached hydrogens (tertiary/aromatic N) is 1. The highest BCUT2D eigenvalue weighted by atomic mass is 32.2. The Labute approximate surface area is 165 Å². The first-order chi connectivity index (χ1) is 12.9. The van der Waals surface area contributed by atoms with Crippen molar-refractivity contribution in [2.45, 2.75) is 39.2 Å². The Balaban J connectivity index is 2.59. The maximum Gasteiger partial charge on any atom is 0.334 e. The molecule has 0 aromatic heterocycles. The molecule has 148 valence electrons. The van der Waals surface area contributed by atoms with Crippen molar-refractivity contribution >= 4 is 28.7 Å². The predicted octanol–water partition coefficient (Wildman–Crippen LogP) is 3.76. The van der Waals surface area contributed by atoms with Crippen LogP contribution in [0.15, 0.2) is 35.3 Å². The Morgan fingerprint density at radius 3 is 2.44 bits per heavy atom. The molecule has 6 heteroatoms. The van der Waals surface area contributed by atoms with E-state index in [0.717, 1.165) is 5.56 Å². The molecule has 0 fully saturated rings. The van der Waals surface area contributed by atoms with Crippen molar-refractivity contribution in [1.82, 2.24) is 0 Å². The molecular formula is C21H29NO4S. The molecule has 0 unspecified atom stereocenters. The summed E-state index contributed by atoms with van der Waals surface area (Å²) in [4.78, 5) is 30.7. The van der Waals surface area contributed by atoms with Crippen molar-refractivity contribution in [1.29, 1.82) is 0 Å². The van der Waals surface area contributed by atoms with Crippen molar-refractivity contribution in [2.75, 3.05) is 20.0 Å². The largest absolute Gasteiger partial charge is 0.468 e. The van der Waals surface area contributed by atoms with Crippen LogP contribution in [0.3, 0.4) is 0 Å². The van der Waals surface area contributed by atoms with Gasteiger partial charge in [0.25, 0.3) is 0 Å². The van der Waals surface area contributed by atoms with Crippen LogP contribution in [0, 0.1) is 17.8 Å². The third-order valence-corrected chi connectivity index (χ3v) is 5.69.